The van der Waals surface area contributed by atoms with Gasteiger partial charge in [-0.2, -0.15) is 15.9 Å². The topological polar surface area (TPSA) is 92.4 Å². The molecule has 0 aliphatic carbocycles. The van der Waals surface area contributed by atoms with E-state index >= 15 is 0 Å². The Labute approximate surface area is 172 Å². The summed E-state index contributed by atoms with van der Waals surface area (Å²) in [6, 6.07) is 17.7. The number of hydrogen-bond donors (Lipinski definition) is 3. The third-order valence-corrected chi connectivity index (χ3v) is 7.09. The number of nitriles is 1. The Kier molecular flexibility index (Phi) is 5.33. The highest BCUT2D eigenvalue weighted by atomic mass is 32.3. The molecule has 0 amide bonds. The lowest BCUT2D eigenvalue weighted by Crippen LogP contribution is -2.26. The molecule has 1 aromatic heterocycles. The number of hydrogen-bond acceptors (Lipinski definition) is 6. The van der Waals surface area contributed by atoms with Gasteiger partial charge in [-0.1, -0.05) is 36.4 Å². The van der Waals surface area contributed by atoms with Gasteiger partial charge in [0.05, 0.1) is 28.7 Å². The molecule has 0 saturated carbocycles. The van der Waals surface area contributed by atoms with E-state index in [9.17, 15) is 9.11 Å². The summed E-state index contributed by atoms with van der Waals surface area (Å²) in [5.41, 5.74) is 3.84. The standard InChI is InChI=1S/C22H24N4O2S/c1-16-6-4-8-18-19(24-11-5-10-23)14-21(25-22(16)18)26-12-13-29(27,28)20-9-3-2-7-17(20)15-26/h2-4,6-9,14,27-28H,5,11-13,15H2,1H3,(H,24,25). The average molecular weight is 409 g/mol. The summed E-state index contributed by atoms with van der Waals surface area (Å²) in [6.45, 7) is 3.66. The van der Waals surface area contributed by atoms with Crippen LogP contribution in [0.3, 0.4) is 0 Å². The summed E-state index contributed by atoms with van der Waals surface area (Å²) < 4.78 is 21.3. The third kappa shape index (κ3) is 3.87. The van der Waals surface area contributed by atoms with Crippen LogP contribution in [0.5, 0.6) is 0 Å². The maximum absolute atomic E-state index is 10.6. The molecule has 0 fully saturated rings. The number of nitrogens with one attached hydrogen (secondary N) is 1. The molecule has 150 valence electrons. The van der Waals surface area contributed by atoms with Crippen LogP contribution in [0.2, 0.25) is 0 Å². The SMILES string of the molecule is Cc1cccc2c(NCCC#N)cc(N3CCS(O)(O)c4ccccc4C3)nc12. The van der Waals surface area contributed by atoms with E-state index in [1.807, 2.05) is 49.4 Å². The lowest BCUT2D eigenvalue weighted by molar-refractivity contribution is 0.488. The molecule has 0 radical (unpaired) electrons. The molecule has 2 aromatic carbocycles. The molecule has 29 heavy (non-hydrogen) atoms. The first-order valence-corrected chi connectivity index (χ1v) is 11.3. The predicted molar refractivity (Wildman–Crippen MR) is 119 cm³/mol. The van der Waals surface area contributed by atoms with Crippen molar-refractivity contribution < 1.29 is 9.11 Å². The van der Waals surface area contributed by atoms with E-state index in [-0.39, 0.29) is 5.75 Å². The van der Waals surface area contributed by atoms with Gasteiger partial charge in [0.15, 0.2) is 0 Å². The molecule has 0 spiro atoms. The minimum atomic E-state index is -2.82. The van der Waals surface area contributed by atoms with Gasteiger partial charge in [0, 0.05) is 36.8 Å². The van der Waals surface area contributed by atoms with E-state index in [2.05, 4.69) is 16.3 Å². The van der Waals surface area contributed by atoms with Gasteiger partial charge in [-0.25, -0.2) is 4.98 Å². The van der Waals surface area contributed by atoms with Crippen LogP contribution in [0.15, 0.2) is 53.4 Å². The minimum absolute atomic E-state index is 0.273. The summed E-state index contributed by atoms with van der Waals surface area (Å²) in [7, 11) is -2.82. The highest BCUT2D eigenvalue weighted by Crippen LogP contribution is 2.51. The summed E-state index contributed by atoms with van der Waals surface area (Å²) >= 11 is 0. The number of rotatable bonds is 4. The van der Waals surface area contributed by atoms with Crippen LogP contribution >= 0.6 is 10.6 Å². The minimum Gasteiger partial charge on any atom is -0.383 e. The van der Waals surface area contributed by atoms with Crippen molar-refractivity contribution in [1.29, 1.82) is 5.26 Å². The van der Waals surface area contributed by atoms with Crippen LogP contribution in [-0.4, -0.2) is 32.9 Å². The normalized spacial score (nSPS) is 16.6. The maximum atomic E-state index is 10.6. The van der Waals surface area contributed by atoms with Gasteiger partial charge in [0.2, 0.25) is 0 Å². The molecule has 2 heterocycles. The van der Waals surface area contributed by atoms with Crippen molar-refractivity contribution >= 4 is 33.0 Å². The predicted octanol–water partition coefficient (Wildman–Crippen LogP) is 5.00. The first kappa shape index (κ1) is 19.5. The molecule has 3 aromatic rings. The quantitative estimate of drug-likeness (QED) is 0.526. The highest BCUT2D eigenvalue weighted by molar-refractivity contribution is 8.24. The van der Waals surface area contributed by atoms with Crippen molar-refractivity contribution in [1.82, 2.24) is 4.98 Å². The second-order valence-corrected chi connectivity index (χ2v) is 9.42. The Morgan fingerprint density at radius 1 is 1.21 bits per heavy atom. The molecule has 6 nitrogen and oxygen atoms in total. The summed E-state index contributed by atoms with van der Waals surface area (Å²) in [6.07, 6.45) is 0.420. The number of benzene rings is 2. The van der Waals surface area contributed by atoms with Crippen molar-refractivity contribution in [3.05, 3.63) is 59.7 Å². The van der Waals surface area contributed by atoms with E-state index in [0.29, 0.717) is 31.0 Å². The fraction of sp³-hybridized carbons (Fsp3) is 0.273. The van der Waals surface area contributed by atoms with Crippen LogP contribution in [0.1, 0.15) is 17.5 Å². The number of anilines is 2. The van der Waals surface area contributed by atoms with E-state index in [0.717, 1.165) is 33.5 Å². The monoisotopic (exact) mass is 408 g/mol. The summed E-state index contributed by atoms with van der Waals surface area (Å²) in [4.78, 5) is 7.65. The van der Waals surface area contributed by atoms with Crippen molar-refractivity contribution in [2.45, 2.75) is 24.8 Å². The number of pyridine rings is 1. The second-order valence-electron chi connectivity index (χ2n) is 7.23. The van der Waals surface area contributed by atoms with E-state index < -0.39 is 10.6 Å². The van der Waals surface area contributed by atoms with E-state index in [1.54, 1.807) is 6.07 Å². The van der Waals surface area contributed by atoms with Gasteiger partial charge in [-0.3, -0.25) is 9.11 Å². The van der Waals surface area contributed by atoms with Crippen LogP contribution < -0.4 is 10.2 Å². The van der Waals surface area contributed by atoms with Gasteiger partial charge in [-0.05, 0) is 24.1 Å². The van der Waals surface area contributed by atoms with Gasteiger partial charge in [0.1, 0.15) is 5.82 Å². The Morgan fingerprint density at radius 2 is 2.03 bits per heavy atom. The molecule has 1 aliphatic rings. The van der Waals surface area contributed by atoms with Crippen LogP contribution in [0, 0.1) is 18.3 Å². The van der Waals surface area contributed by atoms with Gasteiger partial charge in [0.25, 0.3) is 0 Å². The van der Waals surface area contributed by atoms with Crippen molar-refractivity contribution in [3.8, 4) is 6.07 Å². The number of aromatic nitrogens is 1. The molecule has 0 bridgehead atoms. The molecule has 0 unspecified atom stereocenters. The van der Waals surface area contributed by atoms with Gasteiger partial charge < -0.3 is 10.2 Å². The fourth-order valence-corrected chi connectivity index (χ4v) is 5.26. The molecule has 1 aliphatic heterocycles. The maximum Gasteiger partial charge on any atom is 0.131 e. The van der Waals surface area contributed by atoms with Crippen molar-refractivity contribution in [2.24, 2.45) is 0 Å². The number of fused-ring (bicyclic) bond motifs is 2. The number of aryl methyl sites for hydroxylation is 1. The third-order valence-electron chi connectivity index (χ3n) is 5.24. The number of para-hydroxylation sites is 1. The average Bonchev–Trinajstić information content (AvgIpc) is 2.85. The Balaban J connectivity index is 1.78. The largest absolute Gasteiger partial charge is 0.383 e. The zero-order valence-corrected chi connectivity index (χ0v) is 17.1. The van der Waals surface area contributed by atoms with Crippen molar-refractivity contribution in [3.63, 3.8) is 0 Å². The molecule has 4 rings (SSSR count). The van der Waals surface area contributed by atoms with Gasteiger partial charge in [-0.15, -0.1) is 0 Å². The van der Waals surface area contributed by atoms with E-state index in [4.69, 9.17) is 10.2 Å². The highest BCUT2D eigenvalue weighted by Gasteiger charge is 2.26. The molecule has 3 N–H and O–H groups in total. The second kappa shape index (κ2) is 7.91. The summed E-state index contributed by atoms with van der Waals surface area (Å²) in [5.74, 6) is 1.06. The Hall–Kier alpha value is -2.79. The van der Waals surface area contributed by atoms with Crippen LogP contribution in [0.4, 0.5) is 11.5 Å². The summed E-state index contributed by atoms with van der Waals surface area (Å²) in [5, 5.41) is 13.3. The Morgan fingerprint density at radius 3 is 2.86 bits per heavy atom. The smallest absolute Gasteiger partial charge is 0.131 e. The lowest BCUT2D eigenvalue weighted by atomic mass is 10.1. The molecule has 0 saturated heterocycles. The van der Waals surface area contributed by atoms with Crippen LogP contribution in [-0.2, 0) is 6.54 Å². The molecule has 7 heteroatoms. The van der Waals surface area contributed by atoms with Gasteiger partial charge >= 0.3 is 0 Å². The molecule has 0 atom stereocenters. The van der Waals surface area contributed by atoms with Crippen molar-refractivity contribution in [2.75, 3.05) is 29.1 Å². The first-order valence-electron chi connectivity index (χ1n) is 9.59. The number of nitrogens with zero attached hydrogens (tertiary/aromatic N) is 3. The zero-order valence-electron chi connectivity index (χ0n) is 16.3. The fourth-order valence-electron chi connectivity index (χ4n) is 3.72. The van der Waals surface area contributed by atoms with Crippen LogP contribution in [0.25, 0.3) is 10.9 Å². The molecular formula is C22H24N4O2S. The lowest BCUT2D eigenvalue weighted by Gasteiger charge is -2.32. The Bertz CT molecular complexity index is 1090. The molecular weight excluding hydrogens is 384 g/mol. The van der Waals surface area contributed by atoms with E-state index in [1.165, 1.54) is 0 Å². The zero-order chi connectivity index (χ0) is 20.4. The first-order chi connectivity index (χ1) is 14.0.